The number of halogens is 1. The van der Waals surface area contributed by atoms with Crippen LogP contribution in [0.2, 0.25) is 0 Å². The fraction of sp³-hybridized carbons (Fsp3) is 0.348. The van der Waals surface area contributed by atoms with E-state index in [-0.39, 0.29) is 5.82 Å². The van der Waals surface area contributed by atoms with Gasteiger partial charge in [-0.05, 0) is 68.8 Å². The van der Waals surface area contributed by atoms with E-state index in [2.05, 4.69) is 49.4 Å². The fourth-order valence-electron chi connectivity index (χ4n) is 4.03. The fourth-order valence-corrected chi connectivity index (χ4v) is 4.88. The molecular weight excluding hydrogens is 411 g/mol. The highest BCUT2D eigenvalue weighted by atomic mass is 32.2. The third-order valence-electron chi connectivity index (χ3n) is 5.60. The Morgan fingerprint density at radius 2 is 1.77 bits per heavy atom. The standard InChI is InChI=1S/C23H25FN6S/c1-17-5-10-21-25-19(14-29(21)13-17)16-31-23-27-26-22(15-28-11-3-2-4-12-28)30(23)20-8-6-18(24)7-9-20/h5-10,13-14H,2-4,11-12,15-16H2,1H3. The minimum absolute atomic E-state index is 0.247. The second-order valence-corrected chi connectivity index (χ2v) is 8.98. The molecule has 1 fully saturated rings. The average molecular weight is 437 g/mol. The molecule has 1 aliphatic heterocycles. The molecule has 1 aliphatic rings. The molecule has 0 unspecified atom stereocenters. The molecule has 6 nitrogen and oxygen atoms in total. The molecule has 0 aliphatic carbocycles. The number of aromatic nitrogens is 5. The lowest BCUT2D eigenvalue weighted by atomic mass is 10.1. The van der Waals surface area contributed by atoms with Crippen LogP contribution in [0.15, 0.2) is 53.9 Å². The second-order valence-electron chi connectivity index (χ2n) is 8.04. The number of rotatable bonds is 6. The molecule has 0 amide bonds. The van der Waals surface area contributed by atoms with Crippen LogP contribution < -0.4 is 0 Å². The number of imidazole rings is 1. The maximum Gasteiger partial charge on any atom is 0.196 e. The average Bonchev–Trinajstić information content (AvgIpc) is 3.37. The second kappa shape index (κ2) is 8.80. The molecule has 0 atom stereocenters. The summed E-state index contributed by atoms with van der Waals surface area (Å²) in [6.45, 7) is 4.99. The Labute approximate surface area is 185 Å². The zero-order valence-electron chi connectivity index (χ0n) is 17.5. The number of thioether (sulfide) groups is 1. The van der Waals surface area contributed by atoms with Crippen molar-refractivity contribution < 1.29 is 4.39 Å². The molecule has 1 saturated heterocycles. The van der Waals surface area contributed by atoms with Crippen LogP contribution in [0.3, 0.4) is 0 Å². The molecule has 1 aromatic carbocycles. The zero-order valence-corrected chi connectivity index (χ0v) is 18.4. The Balaban J connectivity index is 1.41. The van der Waals surface area contributed by atoms with Gasteiger partial charge in [0.2, 0.25) is 0 Å². The molecule has 3 aromatic heterocycles. The molecule has 0 N–H and O–H groups in total. The summed E-state index contributed by atoms with van der Waals surface area (Å²) in [5, 5.41) is 9.79. The number of likely N-dealkylation sites (tertiary alicyclic amines) is 1. The van der Waals surface area contributed by atoms with Gasteiger partial charge in [-0.3, -0.25) is 9.47 Å². The number of nitrogens with zero attached hydrogens (tertiary/aromatic N) is 6. The van der Waals surface area contributed by atoms with Gasteiger partial charge < -0.3 is 4.40 Å². The minimum atomic E-state index is -0.247. The van der Waals surface area contributed by atoms with Crippen LogP contribution in [0, 0.1) is 12.7 Å². The monoisotopic (exact) mass is 436 g/mol. The molecule has 4 aromatic rings. The Morgan fingerprint density at radius 1 is 0.968 bits per heavy atom. The van der Waals surface area contributed by atoms with Crippen molar-refractivity contribution in [1.82, 2.24) is 29.0 Å². The van der Waals surface area contributed by atoms with Gasteiger partial charge in [-0.15, -0.1) is 10.2 Å². The van der Waals surface area contributed by atoms with E-state index in [0.29, 0.717) is 5.75 Å². The van der Waals surface area contributed by atoms with Gasteiger partial charge in [0.25, 0.3) is 0 Å². The third-order valence-corrected chi connectivity index (χ3v) is 6.56. The first-order valence-corrected chi connectivity index (χ1v) is 11.6. The first-order chi connectivity index (χ1) is 15.2. The van der Waals surface area contributed by atoms with Crippen molar-refractivity contribution in [3.05, 3.63) is 71.7 Å². The van der Waals surface area contributed by atoms with Gasteiger partial charge in [0, 0.05) is 23.8 Å². The maximum atomic E-state index is 13.5. The Bertz CT molecular complexity index is 1180. The maximum absolute atomic E-state index is 13.5. The highest BCUT2D eigenvalue weighted by Crippen LogP contribution is 2.26. The minimum Gasteiger partial charge on any atom is -0.307 e. The summed E-state index contributed by atoms with van der Waals surface area (Å²) in [5.41, 5.74) is 4.00. The van der Waals surface area contributed by atoms with Crippen molar-refractivity contribution in [3.8, 4) is 5.69 Å². The smallest absolute Gasteiger partial charge is 0.196 e. The van der Waals surface area contributed by atoms with Gasteiger partial charge in [-0.25, -0.2) is 9.37 Å². The number of fused-ring (bicyclic) bond motifs is 1. The summed E-state index contributed by atoms with van der Waals surface area (Å²) in [4.78, 5) is 7.13. The van der Waals surface area contributed by atoms with Gasteiger partial charge in [0.1, 0.15) is 11.5 Å². The number of pyridine rings is 1. The van der Waals surface area contributed by atoms with E-state index in [1.807, 2.05) is 6.07 Å². The van der Waals surface area contributed by atoms with E-state index in [4.69, 9.17) is 4.98 Å². The van der Waals surface area contributed by atoms with Crippen molar-refractivity contribution in [2.24, 2.45) is 0 Å². The van der Waals surface area contributed by atoms with E-state index >= 15 is 0 Å². The Morgan fingerprint density at radius 3 is 2.58 bits per heavy atom. The summed E-state index contributed by atoms with van der Waals surface area (Å²) in [6.07, 6.45) is 7.87. The molecule has 31 heavy (non-hydrogen) atoms. The molecule has 4 heterocycles. The van der Waals surface area contributed by atoms with E-state index < -0.39 is 0 Å². The summed E-state index contributed by atoms with van der Waals surface area (Å²) in [6, 6.07) is 10.6. The van der Waals surface area contributed by atoms with Crippen molar-refractivity contribution in [1.29, 1.82) is 0 Å². The van der Waals surface area contributed by atoms with Crippen molar-refractivity contribution in [2.75, 3.05) is 13.1 Å². The van der Waals surface area contributed by atoms with Crippen LogP contribution in [0.5, 0.6) is 0 Å². The number of aryl methyl sites for hydroxylation is 1. The molecule has 0 bridgehead atoms. The Kier molecular flexibility index (Phi) is 5.74. The molecule has 8 heteroatoms. The number of hydrogen-bond donors (Lipinski definition) is 0. The first kappa shape index (κ1) is 20.2. The van der Waals surface area contributed by atoms with E-state index in [9.17, 15) is 4.39 Å². The molecule has 0 spiro atoms. The van der Waals surface area contributed by atoms with Gasteiger partial charge in [-0.2, -0.15) is 0 Å². The van der Waals surface area contributed by atoms with Crippen LogP contribution >= 0.6 is 11.8 Å². The van der Waals surface area contributed by atoms with Crippen LogP contribution in [-0.4, -0.2) is 42.1 Å². The van der Waals surface area contributed by atoms with Crippen molar-refractivity contribution >= 4 is 17.4 Å². The SMILES string of the molecule is Cc1ccc2nc(CSc3nnc(CN4CCCCC4)n3-c3ccc(F)cc3)cn2c1. The molecule has 0 saturated carbocycles. The van der Waals surface area contributed by atoms with E-state index in [0.717, 1.165) is 47.6 Å². The van der Waals surface area contributed by atoms with Crippen LogP contribution in [0.1, 0.15) is 36.3 Å². The van der Waals surface area contributed by atoms with Crippen LogP contribution in [-0.2, 0) is 12.3 Å². The number of hydrogen-bond acceptors (Lipinski definition) is 5. The van der Waals surface area contributed by atoms with Gasteiger partial charge in [0.05, 0.1) is 12.2 Å². The topological polar surface area (TPSA) is 51.2 Å². The predicted molar refractivity (Wildman–Crippen MR) is 120 cm³/mol. The zero-order chi connectivity index (χ0) is 21.2. The Hall–Kier alpha value is -2.71. The van der Waals surface area contributed by atoms with Crippen LogP contribution in [0.25, 0.3) is 11.3 Å². The van der Waals surface area contributed by atoms with Crippen molar-refractivity contribution in [2.45, 2.75) is 43.6 Å². The lowest BCUT2D eigenvalue weighted by molar-refractivity contribution is 0.214. The quantitative estimate of drug-likeness (QED) is 0.412. The van der Waals surface area contributed by atoms with Gasteiger partial charge in [-0.1, -0.05) is 24.2 Å². The normalized spacial score (nSPS) is 15.0. The number of benzene rings is 1. The highest BCUT2D eigenvalue weighted by molar-refractivity contribution is 7.98. The summed E-state index contributed by atoms with van der Waals surface area (Å²) < 4.78 is 17.6. The van der Waals surface area contributed by atoms with E-state index in [1.165, 1.54) is 37.0 Å². The summed E-state index contributed by atoms with van der Waals surface area (Å²) in [5.74, 6) is 1.33. The third kappa shape index (κ3) is 4.50. The molecule has 160 valence electrons. The number of piperidine rings is 1. The van der Waals surface area contributed by atoms with E-state index in [1.54, 1.807) is 23.9 Å². The highest BCUT2D eigenvalue weighted by Gasteiger charge is 2.19. The van der Waals surface area contributed by atoms with Crippen molar-refractivity contribution in [3.63, 3.8) is 0 Å². The van der Waals surface area contributed by atoms with Gasteiger partial charge in [0.15, 0.2) is 11.0 Å². The summed E-state index contributed by atoms with van der Waals surface area (Å²) >= 11 is 1.60. The summed E-state index contributed by atoms with van der Waals surface area (Å²) in [7, 11) is 0. The lowest BCUT2D eigenvalue weighted by Crippen LogP contribution is -2.30. The molecule has 5 rings (SSSR count). The van der Waals surface area contributed by atoms with Crippen LogP contribution in [0.4, 0.5) is 4.39 Å². The first-order valence-electron chi connectivity index (χ1n) is 10.7. The molecule has 0 radical (unpaired) electrons. The lowest BCUT2D eigenvalue weighted by Gasteiger charge is -2.26. The molecular formula is C23H25FN6S. The van der Waals surface area contributed by atoms with Gasteiger partial charge >= 0.3 is 0 Å². The predicted octanol–water partition coefficient (Wildman–Crippen LogP) is 4.64. The largest absolute Gasteiger partial charge is 0.307 e.